The van der Waals surface area contributed by atoms with Gasteiger partial charge in [-0.05, 0) is 13.3 Å². The van der Waals surface area contributed by atoms with Gasteiger partial charge < -0.3 is 15.5 Å². The van der Waals surface area contributed by atoms with Crippen molar-refractivity contribution in [1.29, 1.82) is 0 Å². The van der Waals surface area contributed by atoms with Gasteiger partial charge in [0.2, 0.25) is 0 Å². The van der Waals surface area contributed by atoms with E-state index in [1.165, 1.54) is 6.92 Å². The van der Waals surface area contributed by atoms with Gasteiger partial charge >= 0.3 is 0 Å². The van der Waals surface area contributed by atoms with Crippen LogP contribution in [0.4, 0.5) is 0 Å². The van der Waals surface area contributed by atoms with Gasteiger partial charge in [0.1, 0.15) is 0 Å². The fourth-order valence-corrected chi connectivity index (χ4v) is 0.934. The molecule has 2 atom stereocenters. The molecule has 0 bridgehead atoms. The van der Waals surface area contributed by atoms with E-state index in [1.54, 1.807) is 0 Å². The lowest BCUT2D eigenvalue weighted by Crippen LogP contribution is -2.57. The monoisotopic (exact) mass is 145 g/mol. The highest BCUT2D eigenvalue weighted by molar-refractivity contribution is 5.85. The third-order valence-electron chi connectivity index (χ3n) is 1.81. The fraction of sp³-hybridized carbons (Fsp3) is 0.833. The normalized spacial score (nSPS) is 41.1. The summed E-state index contributed by atoms with van der Waals surface area (Å²) in [6.45, 7) is 1.75. The Hall–Kier alpha value is -0.610. The molecule has 1 fully saturated rings. The third-order valence-corrected chi connectivity index (χ3v) is 1.81. The van der Waals surface area contributed by atoms with Crippen LogP contribution in [0, 0.1) is 0 Å². The summed E-state index contributed by atoms with van der Waals surface area (Å²) in [5.41, 5.74) is -1.60. The molecule has 0 saturated carbocycles. The van der Waals surface area contributed by atoms with Crippen molar-refractivity contribution in [1.82, 2.24) is 5.32 Å². The summed E-state index contributed by atoms with van der Waals surface area (Å²) in [7, 11) is 0. The van der Waals surface area contributed by atoms with E-state index in [1.807, 2.05) is 0 Å². The molecular formula is C6H11NO3. The zero-order valence-electron chi connectivity index (χ0n) is 5.79. The van der Waals surface area contributed by atoms with Gasteiger partial charge in [0.15, 0.2) is 5.60 Å². The van der Waals surface area contributed by atoms with E-state index in [0.717, 1.165) is 0 Å². The summed E-state index contributed by atoms with van der Waals surface area (Å²) in [5.74, 6) is -0.494. The lowest BCUT2D eigenvalue weighted by Gasteiger charge is -2.32. The highest BCUT2D eigenvalue weighted by Crippen LogP contribution is 2.16. The van der Waals surface area contributed by atoms with E-state index < -0.39 is 17.6 Å². The van der Waals surface area contributed by atoms with Crippen molar-refractivity contribution < 1.29 is 15.0 Å². The van der Waals surface area contributed by atoms with Crippen LogP contribution in [0.25, 0.3) is 0 Å². The Kier molecular flexibility index (Phi) is 1.66. The zero-order chi connectivity index (χ0) is 7.78. The molecule has 1 aliphatic rings. The maximum Gasteiger partial charge on any atom is 0.254 e. The smallest absolute Gasteiger partial charge is 0.254 e. The van der Waals surface area contributed by atoms with Crippen molar-refractivity contribution in [2.24, 2.45) is 0 Å². The maximum absolute atomic E-state index is 10.8. The molecular weight excluding hydrogens is 134 g/mol. The van der Waals surface area contributed by atoms with Crippen LogP contribution in [0.5, 0.6) is 0 Å². The minimum atomic E-state index is -1.60. The van der Waals surface area contributed by atoms with E-state index in [4.69, 9.17) is 5.11 Å². The number of rotatable bonds is 0. The van der Waals surface area contributed by atoms with E-state index >= 15 is 0 Å². The first-order chi connectivity index (χ1) is 4.55. The van der Waals surface area contributed by atoms with Crippen LogP contribution in [0.1, 0.15) is 13.3 Å². The lowest BCUT2D eigenvalue weighted by atomic mass is 9.92. The van der Waals surface area contributed by atoms with E-state index in [-0.39, 0.29) is 0 Å². The molecule has 0 spiro atoms. The second-order valence-corrected chi connectivity index (χ2v) is 2.71. The Bertz CT molecular complexity index is 155. The van der Waals surface area contributed by atoms with Crippen LogP contribution in [0.15, 0.2) is 0 Å². The zero-order valence-corrected chi connectivity index (χ0v) is 5.79. The van der Waals surface area contributed by atoms with Crippen molar-refractivity contribution in [3.63, 3.8) is 0 Å². The quantitative estimate of drug-likeness (QED) is 0.393. The summed E-state index contributed by atoms with van der Waals surface area (Å²) in [6.07, 6.45) is -0.514. The molecule has 4 heteroatoms. The molecule has 3 N–H and O–H groups in total. The second kappa shape index (κ2) is 2.21. The van der Waals surface area contributed by atoms with Gasteiger partial charge in [-0.3, -0.25) is 4.79 Å². The van der Waals surface area contributed by atoms with Crippen LogP contribution in [0.2, 0.25) is 0 Å². The number of piperidine rings is 1. The topological polar surface area (TPSA) is 69.6 Å². The molecule has 1 heterocycles. The third kappa shape index (κ3) is 0.998. The summed E-state index contributed by atoms with van der Waals surface area (Å²) >= 11 is 0. The molecule has 1 amide bonds. The summed E-state index contributed by atoms with van der Waals surface area (Å²) < 4.78 is 0. The van der Waals surface area contributed by atoms with E-state index in [9.17, 15) is 9.90 Å². The van der Waals surface area contributed by atoms with Gasteiger partial charge in [-0.25, -0.2) is 0 Å². The van der Waals surface area contributed by atoms with Crippen molar-refractivity contribution >= 4 is 5.91 Å². The van der Waals surface area contributed by atoms with Gasteiger partial charge in [0.25, 0.3) is 5.91 Å². The van der Waals surface area contributed by atoms with Crippen LogP contribution in [0.3, 0.4) is 0 Å². The van der Waals surface area contributed by atoms with Crippen molar-refractivity contribution in [2.75, 3.05) is 6.54 Å². The second-order valence-electron chi connectivity index (χ2n) is 2.71. The first kappa shape index (κ1) is 7.50. The molecule has 1 rings (SSSR count). The average Bonchev–Trinajstić information content (AvgIpc) is 1.84. The van der Waals surface area contributed by atoms with Gasteiger partial charge in [-0.15, -0.1) is 0 Å². The minimum Gasteiger partial charge on any atom is -0.390 e. The predicted octanol–water partition coefficient (Wildman–Crippen LogP) is -1.38. The first-order valence-electron chi connectivity index (χ1n) is 3.24. The lowest BCUT2D eigenvalue weighted by molar-refractivity contribution is -0.155. The van der Waals surface area contributed by atoms with Crippen molar-refractivity contribution in [3.8, 4) is 0 Å². The standard InChI is InChI=1S/C6H11NO3/c1-6(10)4(8)2-3-7-5(6)9/h4,8,10H,2-3H2,1H3,(H,7,9)/t4-,6+/m1/s1. The van der Waals surface area contributed by atoms with E-state index in [0.29, 0.717) is 13.0 Å². The number of aliphatic hydroxyl groups is 2. The molecule has 0 radical (unpaired) electrons. The van der Waals surface area contributed by atoms with Crippen LogP contribution in [-0.2, 0) is 4.79 Å². The van der Waals surface area contributed by atoms with Crippen LogP contribution < -0.4 is 5.32 Å². The molecule has 1 aliphatic heterocycles. The van der Waals surface area contributed by atoms with Gasteiger partial charge in [0, 0.05) is 6.54 Å². The molecule has 0 aromatic heterocycles. The predicted molar refractivity (Wildman–Crippen MR) is 34.3 cm³/mol. The minimum absolute atomic E-state index is 0.415. The maximum atomic E-state index is 10.8. The Morgan fingerprint density at radius 3 is 2.80 bits per heavy atom. The first-order valence-corrected chi connectivity index (χ1v) is 3.24. The van der Waals surface area contributed by atoms with Gasteiger partial charge in [0.05, 0.1) is 6.10 Å². The van der Waals surface area contributed by atoms with Gasteiger partial charge in [-0.2, -0.15) is 0 Å². The molecule has 0 unspecified atom stereocenters. The number of carbonyl (C=O) groups excluding carboxylic acids is 1. The summed E-state index contributed by atoms with van der Waals surface area (Å²) in [5, 5.41) is 20.8. The molecule has 0 aromatic rings. The Morgan fingerprint density at radius 2 is 2.40 bits per heavy atom. The summed E-state index contributed by atoms with van der Waals surface area (Å²) in [4.78, 5) is 10.8. The number of carbonyl (C=O) groups is 1. The molecule has 4 nitrogen and oxygen atoms in total. The number of aliphatic hydroxyl groups excluding tert-OH is 1. The molecule has 10 heavy (non-hydrogen) atoms. The number of nitrogens with one attached hydrogen (secondary N) is 1. The van der Waals surface area contributed by atoms with Crippen molar-refractivity contribution in [3.05, 3.63) is 0 Å². The SMILES string of the molecule is C[C@@]1(O)C(=O)NCC[C@H]1O. The van der Waals surface area contributed by atoms with Crippen molar-refractivity contribution in [2.45, 2.75) is 25.0 Å². The largest absolute Gasteiger partial charge is 0.390 e. The summed E-state index contributed by atoms with van der Waals surface area (Å²) in [6, 6.07) is 0. The fourth-order valence-electron chi connectivity index (χ4n) is 0.934. The number of hydrogen-bond acceptors (Lipinski definition) is 3. The Balaban J connectivity index is 2.73. The van der Waals surface area contributed by atoms with Gasteiger partial charge in [-0.1, -0.05) is 0 Å². The number of hydrogen-bond donors (Lipinski definition) is 3. The number of amides is 1. The molecule has 0 aliphatic carbocycles. The van der Waals surface area contributed by atoms with E-state index in [2.05, 4.69) is 5.32 Å². The molecule has 1 saturated heterocycles. The molecule has 58 valence electrons. The Morgan fingerprint density at radius 1 is 1.80 bits per heavy atom. The highest BCUT2D eigenvalue weighted by Gasteiger charge is 2.40. The highest BCUT2D eigenvalue weighted by atomic mass is 16.4. The van der Waals surface area contributed by atoms with Crippen LogP contribution >= 0.6 is 0 Å². The Labute approximate surface area is 58.9 Å². The van der Waals surface area contributed by atoms with Crippen LogP contribution in [-0.4, -0.2) is 34.4 Å². The molecule has 0 aromatic carbocycles. The average molecular weight is 145 g/mol.